The normalized spacial score (nSPS) is 15.1. The van der Waals surface area contributed by atoms with Crippen LogP contribution < -0.4 is 19.1 Å². The number of para-hydroxylation sites is 2. The molecule has 1 aliphatic rings. The van der Waals surface area contributed by atoms with Gasteiger partial charge in [0.2, 0.25) is 0 Å². The molecule has 0 bridgehead atoms. The van der Waals surface area contributed by atoms with Crippen LogP contribution in [0, 0.1) is 0 Å². The number of ether oxygens (including phenoxy) is 3. The van der Waals surface area contributed by atoms with Crippen molar-refractivity contribution in [3.63, 3.8) is 0 Å². The van der Waals surface area contributed by atoms with Crippen molar-refractivity contribution < 1.29 is 19.0 Å². The number of nitrogens with zero attached hydrogens (tertiary/aromatic N) is 2. The second kappa shape index (κ2) is 9.57. The number of methoxy groups -OCH3 is 2. The van der Waals surface area contributed by atoms with E-state index in [-0.39, 0.29) is 12.0 Å². The Labute approximate surface area is 178 Å². The summed E-state index contributed by atoms with van der Waals surface area (Å²) in [5, 5.41) is 0. The number of rotatable bonds is 8. The first kappa shape index (κ1) is 21.6. The van der Waals surface area contributed by atoms with Crippen LogP contribution >= 0.6 is 0 Å². The van der Waals surface area contributed by atoms with Gasteiger partial charge in [0.15, 0.2) is 11.5 Å². The molecule has 0 saturated heterocycles. The second-order valence-electron chi connectivity index (χ2n) is 7.30. The molecule has 3 rings (SSSR count). The summed E-state index contributed by atoms with van der Waals surface area (Å²) in [6, 6.07) is 11.6. The predicted molar refractivity (Wildman–Crippen MR) is 119 cm³/mol. The zero-order chi connectivity index (χ0) is 21.7. The summed E-state index contributed by atoms with van der Waals surface area (Å²) in [5.41, 5.74) is 2.51. The van der Waals surface area contributed by atoms with Gasteiger partial charge in [0.25, 0.3) is 5.91 Å². The number of hydrogen-bond donors (Lipinski definition) is 0. The number of amides is 1. The van der Waals surface area contributed by atoms with Crippen LogP contribution in [0.25, 0.3) is 0 Å². The van der Waals surface area contributed by atoms with Crippen molar-refractivity contribution in [3.8, 4) is 17.2 Å². The molecular formula is C24H30N2O4. The van der Waals surface area contributed by atoms with Gasteiger partial charge in [0.1, 0.15) is 11.9 Å². The van der Waals surface area contributed by atoms with E-state index in [0.29, 0.717) is 30.0 Å². The van der Waals surface area contributed by atoms with E-state index in [1.165, 1.54) is 0 Å². The highest BCUT2D eigenvalue weighted by atomic mass is 16.5. The van der Waals surface area contributed by atoms with E-state index >= 15 is 0 Å². The van der Waals surface area contributed by atoms with Crippen LogP contribution in [-0.2, 0) is 6.42 Å². The van der Waals surface area contributed by atoms with Gasteiger partial charge in [-0.1, -0.05) is 18.2 Å². The molecule has 2 aromatic rings. The fraction of sp³-hybridized carbons (Fsp3) is 0.375. The average molecular weight is 411 g/mol. The van der Waals surface area contributed by atoms with E-state index in [4.69, 9.17) is 14.2 Å². The van der Waals surface area contributed by atoms with E-state index < -0.39 is 0 Å². The first-order valence-electron chi connectivity index (χ1n) is 10.1. The summed E-state index contributed by atoms with van der Waals surface area (Å²) in [6.45, 7) is 8.02. The molecule has 1 aliphatic heterocycles. The van der Waals surface area contributed by atoms with Crippen LogP contribution in [0.2, 0.25) is 0 Å². The number of carbonyl (C=O) groups excluding carboxylic acids is 1. The molecule has 0 saturated carbocycles. The molecular weight excluding hydrogens is 380 g/mol. The lowest BCUT2D eigenvalue weighted by Gasteiger charge is -2.37. The summed E-state index contributed by atoms with van der Waals surface area (Å²) < 4.78 is 17.1. The third kappa shape index (κ3) is 4.37. The van der Waals surface area contributed by atoms with Crippen LogP contribution in [0.15, 0.2) is 49.1 Å². The monoisotopic (exact) mass is 410 g/mol. The van der Waals surface area contributed by atoms with Gasteiger partial charge < -0.3 is 24.0 Å². The van der Waals surface area contributed by atoms with Gasteiger partial charge in [-0.05, 0) is 37.6 Å². The quantitative estimate of drug-likeness (QED) is 0.620. The Hall–Kier alpha value is -3.15. The number of anilines is 1. The number of allylic oxidation sites excluding steroid dienone is 1. The molecule has 0 aromatic heterocycles. The van der Waals surface area contributed by atoms with E-state index in [0.717, 1.165) is 30.1 Å². The van der Waals surface area contributed by atoms with Gasteiger partial charge in [0.05, 0.1) is 33.0 Å². The van der Waals surface area contributed by atoms with Gasteiger partial charge in [0, 0.05) is 24.7 Å². The van der Waals surface area contributed by atoms with Crippen LogP contribution in [0.5, 0.6) is 17.2 Å². The van der Waals surface area contributed by atoms with Gasteiger partial charge in [-0.3, -0.25) is 4.79 Å². The molecule has 6 heteroatoms. The summed E-state index contributed by atoms with van der Waals surface area (Å²) in [5.74, 6) is 1.93. The highest BCUT2D eigenvalue weighted by molar-refractivity contribution is 5.95. The van der Waals surface area contributed by atoms with E-state index in [1.807, 2.05) is 24.3 Å². The number of benzene rings is 2. The Balaban J connectivity index is 1.79. The minimum atomic E-state index is -0.110. The van der Waals surface area contributed by atoms with Crippen molar-refractivity contribution >= 4 is 11.6 Å². The van der Waals surface area contributed by atoms with Crippen molar-refractivity contribution in [2.45, 2.75) is 19.4 Å². The molecule has 0 radical (unpaired) electrons. The summed E-state index contributed by atoms with van der Waals surface area (Å²) in [4.78, 5) is 17.2. The molecule has 0 fully saturated rings. The lowest BCUT2D eigenvalue weighted by atomic mass is 10.0. The fourth-order valence-corrected chi connectivity index (χ4v) is 3.86. The number of carbonyl (C=O) groups is 1. The number of fused-ring (bicyclic) bond motifs is 1. The van der Waals surface area contributed by atoms with Crippen molar-refractivity contribution in [1.82, 2.24) is 4.90 Å². The van der Waals surface area contributed by atoms with Crippen molar-refractivity contribution in [2.75, 3.05) is 45.8 Å². The van der Waals surface area contributed by atoms with Crippen molar-refractivity contribution in [3.05, 3.63) is 60.2 Å². The summed E-state index contributed by atoms with van der Waals surface area (Å²) in [6.07, 6.45) is 2.25. The van der Waals surface area contributed by atoms with Gasteiger partial charge in [-0.25, -0.2) is 0 Å². The van der Waals surface area contributed by atoms with Crippen LogP contribution in [-0.4, -0.2) is 57.8 Å². The lowest BCUT2D eigenvalue weighted by Crippen LogP contribution is -2.46. The molecule has 1 heterocycles. The fourth-order valence-electron chi connectivity index (χ4n) is 3.86. The van der Waals surface area contributed by atoms with Crippen molar-refractivity contribution in [2.24, 2.45) is 0 Å². The zero-order valence-electron chi connectivity index (χ0n) is 18.2. The summed E-state index contributed by atoms with van der Waals surface area (Å²) >= 11 is 0. The Bertz CT molecular complexity index is 912. The first-order valence-corrected chi connectivity index (χ1v) is 10.1. The topological polar surface area (TPSA) is 51.2 Å². The third-order valence-electron chi connectivity index (χ3n) is 5.30. The Morgan fingerprint density at radius 3 is 2.73 bits per heavy atom. The number of likely N-dealkylation sites (N-methyl/N-ethyl adjacent to an activating group) is 2. The molecule has 1 unspecified atom stereocenters. The van der Waals surface area contributed by atoms with Gasteiger partial charge in [-0.15, -0.1) is 6.58 Å². The molecule has 1 atom stereocenters. The predicted octanol–water partition coefficient (Wildman–Crippen LogP) is 3.79. The van der Waals surface area contributed by atoms with E-state index in [1.54, 1.807) is 38.3 Å². The molecule has 160 valence electrons. The first-order chi connectivity index (χ1) is 14.5. The lowest BCUT2D eigenvalue weighted by molar-refractivity contribution is 0.0709. The summed E-state index contributed by atoms with van der Waals surface area (Å²) in [7, 11) is 4.96. The Morgan fingerprint density at radius 1 is 1.30 bits per heavy atom. The van der Waals surface area contributed by atoms with Crippen LogP contribution in [0.4, 0.5) is 5.69 Å². The van der Waals surface area contributed by atoms with Crippen LogP contribution in [0.3, 0.4) is 0 Å². The third-order valence-corrected chi connectivity index (χ3v) is 5.30. The minimum absolute atomic E-state index is 0.0910. The Morgan fingerprint density at radius 2 is 2.07 bits per heavy atom. The zero-order valence-corrected chi connectivity index (χ0v) is 18.2. The van der Waals surface area contributed by atoms with E-state index in [2.05, 4.69) is 24.5 Å². The molecule has 30 heavy (non-hydrogen) atoms. The highest BCUT2D eigenvalue weighted by Crippen LogP contribution is 2.35. The average Bonchev–Trinajstić information content (AvgIpc) is 2.77. The maximum absolute atomic E-state index is 13.2. The SMILES string of the molecule is C=CCc1cc(C(=O)N(C)CC2CN(CC)c3ccccc3O2)cc(OC)c1OC. The Kier molecular flexibility index (Phi) is 6.87. The molecule has 2 aromatic carbocycles. The molecule has 1 amide bonds. The molecule has 0 aliphatic carbocycles. The minimum Gasteiger partial charge on any atom is -0.493 e. The molecule has 0 N–H and O–H groups in total. The number of hydrogen-bond acceptors (Lipinski definition) is 5. The maximum atomic E-state index is 13.2. The smallest absolute Gasteiger partial charge is 0.253 e. The van der Waals surface area contributed by atoms with Crippen LogP contribution in [0.1, 0.15) is 22.8 Å². The largest absolute Gasteiger partial charge is 0.493 e. The van der Waals surface area contributed by atoms with Crippen molar-refractivity contribution in [1.29, 1.82) is 0 Å². The molecule has 0 spiro atoms. The van der Waals surface area contributed by atoms with E-state index in [9.17, 15) is 4.79 Å². The highest BCUT2D eigenvalue weighted by Gasteiger charge is 2.27. The standard InChI is InChI=1S/C24H30N2O4/c1-6-10-17-13-18(14-22(28-4)23(17)29-5)24(27)25(3)15-19-16-26(7-2)20-11-8-9-12-21(20)30-19/h6,8-9,11-14,19H,1,7,10,15-16H2,2-5H3. The molecule has 6 nitrogen and oxygen atoms in total. The second-order valence-corrected chi connectivity index (χ2v) is 7.30. The van der Waals surface area contributed by atoms with Gasteiger partial charge in [-0.2, -0.15) is 0 Å². The maximum Gasteiger partial charge on any atom is 0.253 e. The van der Waals surface area contributed by atoms with Gasteiger partial charge >= 0.3 is 0 Å².